The Labute approximate surface area is 141 Å². The monoisotopic (exact) mass is 345 g/mol. The van der Waals surface area contributed by atoms with Gasteiger partial charge in [0.15, 0.2) is 0 Å². The minimum Gasteiger partial charge on any atom is -0.495 e. The lowest BCUT2D eigenvalue weighted by Crippen LogP contribution is -2.11. The molecule has 0 unspecified atom stereocenters. The van der Waals surface area contributed by atoms with Gasteiger partial charge in [0.05, 0.1) is 25.0 Å². The topological polar surface area (TPSA) is 77.2 Å². The van der Waals surface area contributed by atoms with E-state index in [0.29, 0.717) is 23.5 Å². The normalized spacial score (nSPS) is 10.5. The van der Waals surface area contributed by atoms with Gasteiger partial charge in [0, 0.05) is 21.9 Å². The van der Waals surface area contributed by atoms with E-state index in [1.54, 1.807) is 48.0 Å². The molecule has 1 amide bonds. The molecule has 7 heteroatoms. The number of hydrogen-bond donors (Lipinski definition) is 2. The Hall–Kier alpha value is -2.38. The van der Waals surface area contributed by atoms with Crippen molar-refractivity contribution in [2.45, 2.75) is 6.54 Å². The SMILES string of the molecule is COc1ccc(C(N)=O)cc1NCc1csc(-c2ccsc2)n1. The van der Waals surface area contributed by atoms with Crippen LogP contribution in [0.3, 0.4) is 0 Å². The van der Waals surface area contributed by atoms with Crippen molar-refractivity contribution in [3.8, 4) is 16.3 Å². The van der Waals surface area contributed by atoms with Crippen molar-refractivity contribution >= 4 is 34.3 Å². The summed E-state index contributed by atoms with van der Waals surface area (Å²) in [5.74, 6) is 0.187. The lowest BCUT2D eigenvalue weighted by Gasteiger charge is -2.11. The van der Waals surface area contributed by atoms with Gasteiger partial charge < -0.3 is 15.8 Å². The van der Waals surface area contributed by atoms with Crippen LogP contribution in [-0.4, -0.2) is 18.0 Å². The van der Waals surface area contributed by atoms with Gasteiger partial charge in [0.25, 0.3) is 0 Å². The van der Waals surface area contributed by atoms with Crippen LogP contribution < -0.4 is 15.8 Å². The molecular formula is C16H15N3O2S2. The largest absolute Gasteiger partial charge is 0.495 e. The number of primary amides is 1. The Balaban J connectivity index is 1.75. The van der Waals surface area contributed by atoms with E-state index < -0.39 is 5.91 Å². The zero-order valence-corrected chi connectivity index (χ0v) is 14.0. The molecule has 0 aliphatic carbocycles. The van der Waals surface area contributed by atoms with Crippen molar-refractivity contribution in [3.05, 3.63) is 51.7 Å². The van der Waals surface area contributed by atoms with Gasteiger partial charge in [0.1, 0.15) is 10.8 Å². The second kappa shape index (κ2) is 6.80. The Bertz CT molecular complexity index is 813. The van der Waals surface area contributed by atoms with E-state index in [4.69, 9.17) is 10.5 Å². The molecule has 0 radical (unpaired) electrons. The number of methoxy groups -OCH3 is 1. The third-order valence-electron chi connectivity index (χ3n) is 3.26. The van der Waals surface area contributed by atoms with E-state index in [-0.39, 0.29) is 0 Å². The van der Waals surface area contributed by atoms with Crippen LogP contribution in [0.2, 0.25) is 0 Å². The zero-order chi connectivity index (χ0) is 16.2. The van der Waals surface area contributed by atoms with Gasteiger partial charge in [-0.15, -0.1) is 11.3 Å². The standard InChI is InChI=1S/C16H15N3O2S2/c1-21-14-3-2-10(15(17)20)6-13(14)18-7-12-9-23-16(19-12)11-4-5-22-8-11/h2-6,8-9,18H,7H2,1H3,(H2,17,20). The first-order chi connectivity index (χ1) is 11.2. The smallest absolute Gasteiger partial charge is 0.248 e. The quantitative estimate of drug-likeness (QED) is 0.716. The molecule has 3 N–H and O–H groups in total. The lowest BCUT2D eigenvalue weighted by molar-refractivity contribution is 0.100. The minimum atomic E-state index is -0.468. The highest BCUT2D eigenvalue weighted by Crippen LogP contribution is 2.28. The van der Waals surface area contributed by atoms with E-state index >= 15 is 0 Å². The molecule has 3 aromatic rings. The molecule has 0 saturated heterocycles. The highest BCUT2D eigenvalue weighted by molar-refractivity contribution is 7.14. The molecular weight excluding hydrogens is 330 g/mol. The fourth-order valence-electron chi connectivity index (χ4n) is 2.09. The van der Waals surface area contributed by atoms with Crippen molar-refractivity contribution < 1.29 is 9.53 Å². The van der Waals surface area contributed by atoms with Crippen LogP contribution in [0.4, 0.5) is 5.69 Å². The van der Waals surface area contributed by atoms with Gasteiger partial charge in [0.2, 0.25) is 5.91 Å². The van der Waals surface area contributed by atoms with E-state index in [1.165, 1.54) is 0 Å². The molecule has 1 aromatic carbocycles. The number of amides is 1. The number of rotatable bonds is 6. The molecule has 3 rings (SSSR count). The molecule has 2 heterocycles. The number of nitrogens with two attached hydrogens (primary N) is 1. The third-order valence-corrected chi connectivity index (χ3v) is 4.89. The number of nitrogens with zero attached hydrogens (tertiary/aromatic N) is 1. The number of carbonyl (C=O) groups excluding carboxylic acids is 1. The summed E-state index contributed by atoms with van der Waals surface area (Å²) < 4.78 is 5.30. The molecule has 0 saturated carbocycles. The third kappa shape index (κ3) is 3.52. The highest BCUT2D eigenvalue weighted by atomic mass is 32.1. The molecule has 5 nitrogen and oxygen atoms in total. The first kappa shape index (κ1) is 15.5. The summed E-state index contributed by atoms with van der Waals surface area (Å²) in [7, 11) is 1.59. The van der Waals surface area contributed by atoms with Crippen molar-refractivity contribution in [1.29, 1.82) is 0 Å². The molecule has 0 spiro atoms. The summed E-state index contributed by atoms with van der Waals surface area (Å²) in [6.45, 7) is 0.541. The summed E-state index contributed by atoms with van der Waals surface area (Å²) in [6.07, 6.45) is 0. The van der Waals surface area contributed by atoms with Gasteiger partial charge in [-0.3, -0.25) is 4.79 Å². The number of nitrogens with one attached hydrogen (secondary N) is 1. The Morgan fingerprint density at radius 2 is 2.22 bits per heavy atom. The van der Waals surface area contributed by atoms with Gasteiger partial charge in [-0.05, 0) is 29.6 Å². The maximum atomic E-state index is 11.3. The second-order valence-electron chi connectivity index (χ2n) is 4.79. The van der Waals surface area contributed by atoms with E-state index in [9.17, 15) is 4.79 Å². The summed E-state index contributed by atoms with van der Waals surface area (Å²) in [6, 6.07) is 7.11. The molecule has 0 aliphatic heterocycles. The van der Waals surface area contributed by atoms with Crippen LogP contribution in [-0.2, 0) is 6.54 Å². The predicted molar refractivity (Wildman–Crippen MR) is 94.3 cm³/mol. The summed E-state index contributed by atoms with van der Waals surface area (Å²) in [5, 5.41) is 10.4. The summed E-state index contributed by atoms with van der Waals surface area (Å²) >= 11 is 3.26. The number of anilines is 1. The van der Waals surface area contributed by atoms with Gasteiger partial charge >= 0.3 is 0 Å². The van der Waals surface area contributed by atoms with E-state index in [1.807, 2.05) is 10.8 Å². The van der Waals surface area contributed by atoms with Gasteiger partial charge in [-0.25, -0.2) is 4.98 Å². The van der Waals surface area contributed by atoms with E-state index in [0.717, 1.165) is 16.3 Å². The number of thiophene rings is 1. The average Bonchev–Trinajstić information content (AvgIpc) is 3.23. The number of thiazole rings is 1. The fraction of sp³-hybridized carbons (Fsp3) is 0.125. The fourth-order valence-corrected chi connectivity index (χ4v) is 3.62. The highest BCUT2D eigenvalue weighted by Gasteiger charge is 2.09. The Morgan fingerprint density at radius 3 is 2.91 bits per heavy atom. The number of hydrogen-bond acceptors (Lipinski definition) is 6. The molecule has 0 aliphatic rings. The number of benzene rings is 1. The number of ether oxygens (including phenoxy) is 1. The predicted octanol–water partition coefficient (Wildman–Crippen LogP) is 3.59. The van der Waals surface area contributed by atoms with Crippen LogP contribution >= 0.6 is 22.7 Å². The summed E-state index contributed by atoms with van der Waals surface area (Å²) in [5.41, 5.74) is 8.55. The van der Waals surface area contributed by atoms with Crippen molar-refractivity contribution in [2.24, 2.45) is 5.73 Å². The van der Waals surface area contributed by atoms with Crippen LogP contribution in [0, 0.1) is 0 Å². The van der Waals surface area contributed by atoms with Crippen LogP contribution in [0.1, 0.15) is 16.1 Å². The van der Waals surface area contributed by atoms with Gasteiger partial charge in [-0.2, -0.15) is 11.3 Å². The average molecular weight is 345 g/mol. The second-order valence-corrected chi connectivity index (χ2v) is 6.43. The van der Waals surface area contributed by atoms with Crippen LogP contribution in [0.15, 0.2) is 40.4 Å². The van der Waals surface area contributed by atoms with Crippen molar-refractivity contribution in [1.82, 2.24) is 4.98 Å². The zero-order valence-electron chi connectivity index (χ0n) is 12.4. The lowest BCUT2D eigenvalue weighted by atomic mass is 10.1. The number of aromatic nitrogens is 1. The molecule has 23 heavy (non-hydrogen) atoms. The molecule has 0 fully saturated rings. The first-order valence-electron chi connectivity index (χ1n) is 6.86. The number of carbonyl (C=O) groups is 1. The van der Waals surface area contributed by atoms with Crippen LogP contribution in [0.5, 0.6) is 5.75 Å². The molecule has 2 aromatic heterocycles. The van der Waals surface area contributed by atoms with Crippen molar-refractivity contribution in [3.63, 3.8) is 0 Å². The van der Waals surface area contributed by atoms with Gasteiger partial charge in [-0.1, -0.05) is 0 Å². The Kier molecular flexibility index (Phi) is 4.59. The first-order valence-corrected chi connectivity index (χ1v) is 8.68. The molecule has 118 valence electrons. The molecule has 0 bridgehead atoms. The maximum absolute atomic E-state index is 11.3. The Morgan fingerprint density at radius 1 is 1.35 bits per heavy atom. The van der Waals surface area contributed by atoms with Crippen molar-refractivity contribution in [2.75, 3.05) is 12.4 Å². The van der Waals surface area contributed by atoms with Crippen LogP contribution in [0.25, 0.3) is 10.6 Å². The molecule has 0 atom stereocenters. The van der Waals surface area contributed by atoms with E-state index in [2.05, 4.69) is 21.7 Å². The maximum Gasteiger partial charge on any atom is 0.248 e. The summed E-state index contributed by atoms with van der Waals surface area (Å²) in [4.78, 5) is 15.9. The minimum absolute atomic E-state index is 0.436.